The number of halogens is 5. The molecule has 0 bridgehead atoms. The van der Waals surface area contributed by atoms with E-state index in [4.69, 9.17) is 23.2 Å². The van der Waals surface area contributed by atoms with Gasteiger partial charge in [-0.25, -0.2) is 4.98 Å². The van der Waals surface area contributed by atoms with Gasteiger partial charge in [0.05, 0.1) is 21.5 Å². The third-order valence-electron chi connectivity index (χ3n) is 5.69. The molecule has 0 saturated carbocycles. The number of likely N-dealkylation sites (tertiary alicyclic amines) is 1. The van der Waals surface area contributed by atoms with Crippen LogP contribution in [0.3, 0.4) is 0 Å². The Balaban J connectivity index is 1.34. The number of anilines is 2. The molecule has 1 atom stereocenters. The van der Waals surface area contributed by atoms with E-state index < -0.39 is 17.7 Å². The maximum Gasteiger partial charge on any atom is 0.416 e. The van der Waals surface area contributed by atoms with Crippen molar-refractivity contribution in [3.63, 3.8) is 0 Å². The average molecular weight is 557 g/mol. The van der Waals surface area contributed by atoms with Gasteiger partial charge in [0, 0.05) is 30.7 Å². The van der Waals surface area contributed by atoms with Crippen LogP contribution >= 0.6 is 34.5 Å². The van der Waals surface area contributed by atoms with E-state index in [1.165, 1.54) is 23.5 Å². The first-order valence-electron chi connectivity index (χ1n) is 11.0. The third kappa shape index (κ3) is 6.48. The molecule has 4 rings (SSSR count). The summed E-state index contributed by atoms with van der Waals surface area (Å²) in [7, 11) is 0. The monoisotopic (exact) mass is 556 g/mol. The topological polar surface area (TPSA) is 74.3 Å². The Morgan fingerprint density at radius 2 is 1.94 bits per heavy atom. The second-order valence-corrected chi connectivity index (χ2v) is 9.97. The van der Waals surface area contributed by atoms with Gasteiger partial charge in [0.15, 0.2) is 5.13 Å². The summed E-state index contributed by atoms with van der Waals surface area (Å²) in [6.07, 6.45) is -3.23. The molecule has 2 aromatic carbocycles. The molecule has 0 spiro atoms. The minimum atomic E-state index is -4.45. The second kappa shape index (κ2) is 11.1. The van der Waals surface area contributed by atoms with Crippen LogP contribution in [0.25, 0.3) is 0 Å². The quantitative estimate of drug-likeness (QED) is 0.369. The molecule has 2 heterocycles. The van der Waals surface area contributed by atoms with Crippen molar-refractivity contribution in [3.8, 4) is 0 Å². The zero-order valence-corrected chi connectivity index (χ0v) is 21.1. The van der Waals surface area contributed by atoms with Gasteiger partial charge in [-0.05, 0) is 48.7 Å². The van der Waals surface area contributed by atoms with Crippen molar-refractivity contribution in [1.82, 2.24) is 15.2 Å². The maximum atomic E-state index is 13.0. The second-order valence-electron chi connectivity index (χ2n) is 8.30. The van der Waals surface area contributed by atoms with Gasteiger partial charge in [-0.3, -0.25) is 9.59 Å². The average Bonchev–Trinajstić information content (AvgIpc) is 3.32. The number of carbonyl (C=O) groups excluding carboxylic acids is 2. The standard InChI is InChI=1S/C24H21Cl2F3N4O2S/c25-18-7-6-17(10-19(18)26)31-23-32-20(13-36-23)22(35)33-8-2-4-15(12-33)21(34)30-11-14-3-1-5-16(9-14)24(27,28)29/h1,3,5-7,9-10,13,15H,2,4,8,11-12H2,(H,30,34)(H,31,32). The van der Waals surface area contributed by atoms with Gasteiger partial charge in [0.1, 0.15) is 5.69 Å². The molecule has 12 heteroatoms. The summed E-state index contributed by atoms with van der Waals surface area (Å²) in [6, 6.07) is 9.88. The number of nitrogens with one attached hydrogen (secondary N) is 2. The molecule has 0 aliphatic carbocycles. The van der Waals surface area contributed by atoms with Gasteiger partial charge in [0.2, 0.25) is 5.91 Å². The Labute approximate surface area is 219 Å². The summed E-state index contributed by atoms with van der Waals surface area (Å²) in [5.41, 5.74) is 0.521. The number of amides is 2. The summed E-state index contributed by atoms with van der Waals surface area (Å²) in [6.45, 7) is 0.673. The van der Waals surface area contributed by atoms with E-state index >= 15 is 0 Å². The molecule has 1 unspecified atom stereocenters. The highest BCUT2D eigenvalue weighted by molar-refractivity contribution is 7.14. The van der Waals surface area contributed by atoms with Crippen LogP contribution in [0.5, 0.6) is 0 Å². The normalized spacial score (nSPS) is 16.0. The van der Waals surface area contributed by atoms with Gasteiger partial charge in [-0.1, -0.05) is 35.3 Å². The van der Waals surface area contributed by atoms with Crippen LogP contribution in [0, 0.1) is 5.92 Å². The van der Waals surface area contributed by atoms with Crippen LogP contribution in [0.2, 0.25) is 10.0 Å². The van der Waals surface area contributed by atoms with Gasteiger partial charge in [-0.2, -0.15) is 13.2 Å². The van der Waals surface area contributed by atoms with Crippen LogP contribution in [0.4, 0.5) is 24.0 Å². The lowest BCUT2D eigenvalue weighted by Gasteiger charge is -2.31. The van der Waals surface area contributed by atoms with Crippen molar-refractivity contribution in [1.29, 1.82) is 0 Å². The van der Waals surface area contributed by atoms with E-state index in [-0.39, 0.29) is 30.6 Å². The third-order valence-corrected chi connectivity index (χ3v) is 7.19. The largest absolute Gasteiger partial charge is 0.416 e. The van der Waals surface area contributed by atoms with Crippen molar-refractivity contribution >= 4 is 57.2 Å². The van der Waals surface area contributed by atoms with Crippen molar-refractivity contribution in [3.05, 3.63) is 74.7 Å². The number of nitrogens with zero attached hydrogens (tertiary/aromatic N) is 2. The molecule has 6 nitrogen and oxygen atoms in total. The Morgan fingerprint density at radius 3 is 2.69 bits per heavy atom. The van der Waals surface area contributed by atoms with E-state index in [1.807, 2.05) is 0 Å². The number of carbonyl (C=O) groups is 2. The van der Waals surface area contributed by atoms with E-state index in [9.17, 15) is 22.8 Å². The molecule has 3 aromatic rings. The molecular weight excluding hydrogens is 536 g/mol. The summed E-state index contributed by atoms with van der Waals surface area (Å²) >= 11 is 13.2. The minimum Gasteiger partial charge on any atom is -0.352 e. The Kier molecular flexibility index (Phi) is 8.07. The first-order valence-corrected chi connectivity index (χ1v) is 12.6. The molecule has 1 saturated heterocycles. The van der Waals surface area contributed by atoms with Crippen LogP contribution in [0.1, 0.15) is 34.5 Å². The van der Waals surface area contributed by atoms with Gasteiger partial charge in [-0.15, -0.1) is 11.3 Å². The van der Waals surface area contributed by atoms with Gasteiger partial charge < -0.3 is 15.5 Å². The predicted octanol–water partition coefficient (Wildman–Crippen LogP) is 6.38. The lowest BCUT2D eigenvalue weighted by molar-refractivity contribution is -0.137. The number of hydrogen-bond donors (Lipinski definition) is 2. The first-order chi connectivity index (χ1) is 17.1. The van der Waals surface area contributed by atoms with Gasteiger partial charge >= 0.3 is 6.18 Å². The Hall–Kier alpha value is -2.82. The predicted molar refractivity (Wildman–Crippen MR) is 134 cm³/mol. The molecule has 1 aromatic heterocycles. The number of hydrogen-bond acceptors (Lipinski definition) is 5. The molecule has 1 fully saturated rings. The molecule has 0 radical (unpaired) electrons. The van der Waals surface area contributed by atoms with Crippen molar-refractivity contribution in [2.24, 2.45) is 5.92 Å². The van der Waals surface area contributed by atoms with E-state index in [0.717, 1.165) is 12.1 Å². The highest BCUT2D eigenvalue weighted by Gasteiger charge is 2.31. The SMILES string of the molecule is O=C(NCc1cccc(C(F)(F)F)c1)C1CCCN(C(=O)c2csc(Nc3ccc(Cl)c(Cl)c3)n2)C1. The van der Waals surface area contributed by atoms with Gasteiger partial charge in [0.25, 0.3) is 5.91 Å². The number of rotatable bonds is 6. The number of aromatic nitrogens is 1. The van der Waals surface area contributed by atoms with Crippen LogP contribution in [-0.4, -0.2) is 34.8 Å². The smallest absolute Gasteiger partial charge is 0.352 e. The lowest BCUT2D eigenvalue weighted by Crippen LogP contribution is -2.45. The summed E-state index contributed by atoms with van der Waals surface area (Å²) in [4.78, 5) is 31.6. The van der Waals surface area contributed by atoms with Crippen LogP contribution in [-0.2, 0) is 17.5 Å². The summed E-state index contributed by atoms with van der Waals surface area (Å²) < 4.78 is 38.7. The van der Waals surface area contributed by atoms with Crippen LogP contribution < -0.4 is 10.6 Å². The minimum absolute atomic E-state index is 0.0248. The molecular formula is C24H21Cl2F3N4O2S. The highest BCUT2D eigenvalue weighted by Crippen LogP contribution is 2.30. The molecule has 190 valence electrons. The van der Waals surface area contributed by atoms with Crippen molar-refractivity contribution in [2.45, 2.75) is 25.6 Å². The van der Waals surface area contributed by atoms with Crippen LogP contribution in [0.15, 0.2) is 47.8 Å². The fourth-order valence-corrected chi connectivity index (χ4v) is 4.86. The molecule has 2 amide bonds. The number of piperidine rings is 1. The zero-order valence-electron chi connectivity index (χ0n) is 18.7. The van der Waals surface area contributed by atoms with E-state index in [0.29, 0.717) is 45.8 Å². The van der Waals surface area contributed by atoms with E-state index in [2.05, 4.69) is 15.6 Å². The number of thiazole rings is 1. The lowest BCUT2D eigenvalue weighted by atomic mass is 9.96. The van der Waals surface area contributed by atoms with Crippen molar-refractivity contribution in [2.75, 3.05) is 18.4 Å². The Bertz CT molecular complexity index is 1270. The number of alkyl halides is 3. The molecule has 1 aliphatic heterocycles. The van der Waals surface area contributed by atoms with Crippen molar-refractivity contribution < 1.29 is 22.8 Å². The summed E-state index contributed by atoms with van der Waals surface area (Å²) in [5.74, 6) is -1.05. The highest BCUT2D eigenvalue weighted by atomic mass is 35.5. The first kappa shape index (κ1) is 26.2. The molecule has 36 heavy (non-hydrogen) atoms. The maximum absolute atomic E-state index is 13.0. The zero-order chi connectivity index (χ0) is 25.9. The molecule has 1 aliphatic rings. The fourth-order valence-electron chi connectivity index (χ4n) is 3.86. The number of benzene rings is 2. The van der Waals surface area contributed by atoms with E-state index in [1.54, 1.807) is 28.5 Å². The Morgan fingerprint density at radius 1 is 1.14 bits per heavy atom. The summed E-state index contributed by atoms with van der Waals surface area (Å²) in [5, 5.41) is 8.74. The molecule has 2 N–H and O–H groups in total. The fraction of sp³-hybridized carbons (Fsp3) is 0.292.